The Morgan fingerprint density at radius 2 is 2.11 bits per heavy atom. The highest BCUT2D eigenvalue weighted by Gasteiger charge is 2.41. The molecule has 5 nitrogen and oxygen atoms in total. The molecule has 1 aliphatic rings. The number of nitrogens with zero attached hydrogens (tertiary/aromatic N) is 1. The van der Waals surface area contributed by atoms with E-state index in [4.69, 9.17) is 5.73 Å². The minimum absolute atomic E-state index is 0.0557. The number of nitrogens with two attached hydrogens (primary N) is 1. The van der Waals surface area contributed by atoms with E-state index in [1.807, 2.05) is 11.8 Å². The van der Waals surface area contributed by atoms with Crippen molar-refractivity contribution in [3.63, 3.8) is 0 Å². The van der Waals surface area contributed by atoms with Crippen LogP contribution in [0.15, 0.2) is 0 Å². The Labute approximate surface area is 109 Å². The molecule has 0 spiro atoms. The van der Waals surface area contributed by atoms with Gasteiger partial charge < -0.3 is 15.9 Å². The van der Waals surface area contributed by atoms with Gasteiger partial charge in [-0.15, -0.1) is 0 Å². The normalized spacial score (nSPS) is 28.1. The molecule has 0 saturated carbocycles. The molecular weight excluding hydrogens is 232 g/mol. The molecular formula is C13H26N2O3. The zero-order valence-electron chi connectivity index (χ0n) is 11.6. The van der Waals surface area contributed by atoms with Crippen LogP contribution in [0.4, 0.5) is 0 Å². The third-order valence-corrected chi connectivity index (χ3v) is 3.80. The van der Waals surface area contributed by atoms with E-state index in [0.717, 1.165) is 19.3 Å². The van der Waals surface area contributed by atoms with Gasteiger partial charge in [0.1, 0.15) is 6.04 Å². The molecule has 5 heteroatoms. The summed E-state index contributed by atoms with van der Waals surface area (Å²) in [6, 6.07) is -0.942. The molecule has 0 aromatic rings. The molecule has 1 aliphatic heterocycles. The maximum atomic E-state index is 11.3. The summed E-state index contributed by atoms with van der Waals surface area (Å²) in [4.78, 5) is 13.3. The molecule has 1 saturated heterocycles. The van der Waals surface area contributed by atoms with Crippen LogP contribution >= 0.6 is 0 Å². The van der Waals surface area contributed by atoms with Crippen LogP contribution in [0.3, 0.4) is 0 Å². The lowest BCUT2D eigenvalue weighted by molar-refractivity contribution is -0.147. The summed E-state index contributed by atoms with van der Waals surface area (Å²) in [5.74, 6) is -0.781. The Hall–Kier alpha value is -0.650. The van der Waals surface area contributed by atoms with Crippen LogP contribution in [0.25, 0.3) is 0 Å². The van der Waals surface area contributed by atoms with Crippen LogP contribution < -0.4 is 5.73 Å². The van der Waals surface area contributed by atoms with Gasteiger partial charge in [0.2, 0.25) is 0 Å². The molecule has 0 bridgehead atoms. The summed E-state index contributed by atoms with van der Waals surface area (Å²) in [5, 5.41) is 19.3. The van der Waals surface area contributed by atoms with Gasteiger partial charge in [0.05, 0.1) is 5.60 Å². The first kappa shape index (κ1) is 15.4. The van der Waals surface area contributed by atoms with Crippen LogP contribution in [0, 0.1) is 0 Å². The third kappa shape index (κ3) is 3.43. The number of rotatable bonds is 5. The molecule has 3 atom stereocenters. The molecule has 1 rings (SSSR count). The first-order valence-electron chi connectivity index (χ1n) is 6.75. The van der Waals surface area contributed by atoms with Gasteiger partial charge in [-0.05, 0) is 46.1 Å². The zero-order valence-corrected chi connectivity index (χ0v) is 11.6. The fourth-order valence-corrected chi connectivity index (χ4v) is 2.78. The van der Waals surface area contributed by atoms with E-state index in [9.17, 15) is 15.0 Å². The van der Waals surface area contributed by atoms with Crippen molar-refractivity contribution in [2.45, 2.75) is 70.2 Å². The highest BCUT2D eigenvalue weighted by molar-refractivity contribution is 5.73. The second-order valence-electron chi connectivity index (χ2n) is 5.77. The summed E-state index contributed by atoms with van der Waals surface area (Å²) >= 11 is 0. The number of hydrogen-bond donors (Lipinski definition) is 3. The van der Waals surface area contributed by atoms with Gasteiger partial charge in [0, 0.05) is 12.1 Å². The molecule has 0 amide bonds. The molecule has 18 heavy (non-hydrogen) atoms. The summed E-state index contributed by atoms with van der Waals surface area (Å²) in [6.07, 6.45) is 3.27. The first-order chi connectivity index (χ1) is 8.29. The molecule has 4 N–H and O–H groups in total. The van der Waals surface area contributed by atoms with Gasteiger partial charge in [0.25, 0.3) is 0 Å². The Bertz CT molecular complexity index is 288. The summed E-state index contributed by atoms with van der Waals surface area (Å²) in [5.41, 5.74) is 5.13. The number of hydrogen-bond acceptors (Lipinski definition) is 4. The molecule has 106 valence electrons. The Morgan fingerprint density at radius 1 is 1.50 bits per heavy atom. The monoisotopic (exact) mass is 258 g/mol. The standard InChI is InChI=1S/C13H26N2O3/c1-4-8-15-9(11(14)13(2,3)18)6-5-7-10(15)12(16)17/h9-11,18H,4-8,14H2,1-3H3,(H,16,17). The van der Waals surface area contributed by atoms with E-state index in [-0.39, 0.29) is 6.04 Å². The number of aliphatic carboxylic acids is 1. The molecule has 1 heterocycles. The second-order valence-corrected chi connectivity index (χ2v) is 5.77. The number of likely N-dealkylation sites (tertiary alicyclic amines) is 1. The molecule has 0 aliphatic carbocycles. The Kier molecular flexibility index (Phi) is 5.13. The van der Waals surface area contributed by atoms with E-state index in [0.29, 0.717) is 13.0 Å². The van der Waals surface area contributed by atoms with E-state index in [2.05, 4.69) is 0 Å². The lowest BCUT2D eigenvalue weighted by atomic mass is 9.84. The van der Waals surface area contributed by atoms with Crippen LogP contribution in [0.1, 0.15) is 46.5 Å². The van der Waals surface area contributed by atoms with Crippen molar-refractivity contribution >= 4 is 5.97 Å². The molecule has 0 aromatic carbocycles. The topological polar surface area (TPSA) is 86.8 Å². The number of carbonyl (C=O) groups is 1. The number of aliphatic hydroxyl groups is 1. The number of carboxylic acid groups (broad SMARTS) is 1. The summed E-state index contributed by atoms with van der Waals surface area (Å²) < 4.78 is 0. The fraction of sp³-hybridized carbons (Fsp3) is 0.923. The van der Waals surface area contributed by atoms with E-state index in [1.165, 1.54) is 0 Å². The second kappa shape index (κ2) is 5.99. The lowest BCUT2D eigenvalue weighted by Gasteiger charge is -2.45. The van der Waals surface area contributed by atoms with Crippen LogP contribution in [0.2, 0.25) is 0 Å². The van der Waals surface area contributed by atoms with Crippen molar-refractivity contribution in [2.24, 2.45) is 5.73 Å². The quantitative estimate of drug-likeness (QED) is 0.679. The van der Waals surface area contributed by atoms with E-state index >= 15 is 0 Å². The van der Waals surface area contributed by atoms with Gasteiger partial charge in [-0.2, -0.15) is 0 Å². The van der Waals surface area contributed by atoms with Crippen LogP contribution in [-0.4, -0.2) is 51.4 Å². The van der Waals surface area contributed by atoms with E-state index in [1.54, 1.807) is 13.8 Å². The molecule has 3 unspecified atom stereocenters. The van der Waals surface area contributed by atoms with Crippen molar-refractivity contribution < 1.29 is 15.0 Å². The largest absolute Gasteiger partial charge is 0.480 e. The highest BCUT2D eigenvalue weighted by atomic mass is 16.4. The minimum atomic E-state index is -0.989. The molecule has 0 aromatic heterocycles. The van der Waals surface area contributed by atoms with Crippen molar-refractivity contribution in [1.82, 2.24) is 4.90 Å². The molecule has 1 fully saturated rings. The molecule has 0 radical (unpaired) electrons. The van der Waals surface area contributed by atoms with Crippen molar-refractivity contribution in [2.75, 3.05) is 6.54 Å². The first-order valence-corrected chi connectivity index (χ1v) is 6.75. The average molecular weight is 258 g/mol. The Morgan fingerprint density at radius 3 is 2.56 bits per heavy atom. The Balaban J connectivity index is 2.90. The van der Waals surface area contributed by atoms with Crippen LogP contribution in [0.5, 0.6) is 0 Å². The predicted octanol–water partition coefficient (Wildman–Crippen LogP) is 0.802. The summed E-state index contributed by atoms with van der Waals surface area (Å²) in [7, 11) is 0. The number of carboxylic acids is 1. The van der Waals surface area contributed by atoms with Gasteiger partial charge in [-0.25, -0.2) is 0 Å². The zero-order chi connectivity index (χ0) is 13.9. The predicted molar refractivity (Wildman–Crippen MR) is 70.3 cm³/mol. The maximum Gasteiger partial charge on any atom is 0.320 e. The smallest absolute Gasteiger partial charge is 0.320 e. The van der Waals surface area contributed by atoms with Gasteiger partial charge in [-0.1, -0.05) is 6.92 Å². The van der Waals surface area contributed by atoms with E-state index < -0.39 is 23.7 Å². The highest BCUT2D eigenvalue weighted by Crippen LogP contribution is 2.28. The summed E-state index contributed by atoms with van der Waals surface area (Å²) in [6.45, 7) is 6.12. The fourth-order valence-electron chi connectivity index (χ4n) is 2.78. The average Bonchev–Trinajstić information content (AvgIpc) is 2.27. The maximum absolute atomic E-state index is 11.3. The lowest BCUT2D eigenvalue weighted by Crippen LogP contribution is -2.62. The minimum Gasteiger partial charge on any atom is -0.480 e. The van der Waals surface area contributed by atoms with Crippen LogP contribution in [-0.2, 0) is 4.79 Å². The van der Waals surface area contributed by atoms with Crippen molar-refractivity contribution in [1.29, 1.82) is 0 Å². The van der Waals surface area contributed by atoms with Crippen molar-refractivity contribution in [3.05, 3.63) is 0 Å². The van der Waals surface area contributed by atoms with Gasteiger partial charge in [0.15, 0.2) is 0 Å². The SMILES string of the molecule is CCCN1C(C(=O)O)CCCC1C(N)C(C)(C)O. The van der Waals surface area contributed by atoms with Crippen molar-refractivity contribution in [3.8, 4) is 0 Å². The van der Waals surface area contributed by atoms with Gasteiger partial charge >= 0.3 is 5.97 Å². The number of piperidine rings is 1. The van der Waals surface area contributed by atoms with Gasteiger partial charge in [-0.3, -0.25) is 9.69 Å². The third-order valence-electron chi connectivity index (χ3n) is 3.80.